The predicted octanol–water partition coefficient (Wildman–Crippen LogP) is 0.546. The topological polar surface area (TPSA) is 76.7 Å². The van der Waals surface area contributed by atoms with Gasteiger partial charge in [0.2, 0.25) is 5.91 Å². The Hall–Kier alpha value is -0.890. The van der Waals surface area contributed by atoms with Crippen LogP contribution in [0.2, 0.25) is 0 Å². The molecule has 7 nitrogen and oxygen atoms in total. The van der Waals surface area contributed by atoms with Crippen molar-refractivity contribution in [1.82, 2.24) is 25.8 Å². The lowest BCUT2D eigenvalue weighted by molar-refractivity contribution is -0.121. The fourth-order valence-corrected chi connectivity index (χ4v) is 4.08. The van der Waals surface area contributed by atoms with Crippen molar-refractivity contribution < 1.29 is 9.59 Å². The smallest absolute Gasteiger partial charge is 0.321 e. The van der Waals surface area contributed by atoms with E-state index in [2.05, 4.69) is 25.8 Å². The molecule has 25 heavy (non-hydrogen) atoms. The third kappa shape index (κ3) is 6.40. The number of carbonyl (C=O) groups excluding carboxylic acids is 2. The van der Waals surface area contributed by atoms with E-state index >= 15 is 0 Å². The van der Waals surface area contributed by atoms with Crippen LogP contribution in [0.1, 0.15) is 38.5 Å². The molecule has 0 aromatic rings. The van der Waals surface area contributed by atoms with Crippen LogP contribution in [0, 0.1) is 0 Å². The Kier molecular flexibility index (Phi) is 8.42. The average Bonchev–Trinajstić information content (AvgIpc) is 3.10. The van der Waals surface area contributed by atoms with Crippen LogP contribution < -0.4 is 16.0 Å². The van der Waals surface area contributed by atoms with Crippen LogP contribution in [0.4, 0.5) is 4.79 Å². The molecule has 1 aliphatic carbocycles. The molecule has 0 aromatic heterocycles. The molecule has 2 aliphatic heterocycles. The summed E-state index contributed by atoms with van der Waals surface area (Å²) in [7, 11) is 0. The largest absolute Gasteiger partial charge is 0.335 e. The number of nitrogens with zero attached hydrogens (tertiary/aromatic N) is 2. The van der Waals surface area contributed by atoms with E-state index in [1.807, 2.05) is 0 Å². The van der Waals surface area contributed by atoms with Gasteiger partial charge in [0.05, 0.1) is 6.54 Å². The Morgan fingerprint density at radius 2 is 1.72 bits per heavy atom. The van der Waals surface area contributed by atoms with Crippen molar-refractivity contribution >= 4 is 24.3 Å². The van der Waals surface area contributed by atoms with Crippen LogP contribution in [0.25, 0.3) is 0 Å². The fourth-order valence-electron chi connectivity index (χ4n) is 4.08. The number of piperazine rings is 1. The van der Waals surface area contributed by atoms with Crippen molar-refractivity contribution in [1.29, 1.82) is 0 Å². The molecular weight excluding hydrogens is 342 g/mol. The lowest BCUT2D eigenvalue weighted by Gasteiger charge is -2.37. The number of hydrogen-bond donors (Lipinski definition) is 3. The highest BCUT2D eigenvalue weighted by Gasteiger charge is 2.27. The van der Waals surface area contributed by atoms with Crippen molar-refractivity contribution in [2.45, 2.75) is 50.6 Å². The summed E-state index contributed by atoms with van der Waals surface area (Å²) in [5.41, 5.74) is 0. The van der Waals surface area contributed by atoms with E-state index in [-0.39, 0.29) is 30.4 Å². The summed E-state index contributed by atoms with van der Waals surface area (Å²) in [5.74, 6) is -0.195. The first-order valence-electron chi connectivity index (χ1n) is 9.48. The molecule has 8 heteroatoms. The lowest BCUT2D eigenvalue weighted by atomic mass is 9.96. The molecule has 0 spiro atoms. The number of urea groups is 1. The van der Waals surface area contributed by atoms with Gasteiger partial charge in [0, 0.05) is 44.8 Å². The third-order valence-electron chi connectivity index (χ3n) is 5.52. The monoisotopic (exact) mass is 373 g/mol. The minimum absolute atomic E-state index is 0. The quantitative estimate of drug-likeness (QED) is 0.670. The standard InChI is InChI=1S/C17H31N5O2.ClH/c23-16(20-17(24)19-14-4-2-1-3-5-14)13-21-8-10-22(11-9-21)15-6-7-18-12-15;/h14-15,18H,1-13H2,(H2,19,20,23,24);1H. The van der Waals surface area contributed by atoms with E-state index in [4.69, 9.17) is 0 Å². The van der Waals surface area contributed by atoms with Crippen molar-refractivity contribution in [3.05, 3.63) is 0 Å². The number of rotatable bonds is 4. The van der Waals surface area contributed by atoms with E-state index in [1.54, 1.807) is 0 Å². The van der Waals surface area contributed by atoms with Gasteiger partial charge in [-0.05, 0) is 25.8 Å². The molecule has 3 fully saturated rings. The summed E-state index contributed by atoms with van der Waals surface area (Å²) in [6.45, 7) is 6.32. The van der Waals surface area contributed by atoms with Gasteiger partial charge >= 0.3 is 6.03 Å². The zero-order valence-electron chi connectivity index (χ0n) is 15.0. The maximum atomic E-state index is 12.1. The number of carbonyl (C=O) groups is 2. The summed E-state index contributed by atoms with van der Waals surface area (Å²) in [6.07, 6.45) is 6.86. The number of nitrogens with one attached hydrogen (secondary N) is 3. The average molecular weight is 374 g/mol. The normalized spacial score (nSPS) is 26.0. The van der Waals surface area contributed by atoms with Gasteiger partial charge in [-0.2, -0.15) is 0 Å². The minimum Gasteiger partial charge on any atom is -0.335 e. The molecule has 144 valence electrons. The van der Waals surface area contributed by atoms with Crippen molar-refractivity contribution in [2.75, 3.05) is 45.8 Å². The summed E-state index contributed by atoms with van der Waals surface area (Å²) < 4.78 is 0. The van der Waals surface area contributed by atoms with Crippen LogP contribution in [0.5, 0.6) is 0 Å². The summed E-state index contributed by atoms with van der Waals surface area (Å²) in [4.78, 5) is 28.6. The maximum Gasteiger partial charge on any atom is 0.321 e. The zero-order valence-corrected chi connectivity index (χ0v) is 15.8. The fraction of sp³-hybridized carbons (Fsp3) is 0.882. The van der Waals surface area contributed by atoms with Crippen molar-refractivity contribution in [2.24, 2.45) is 0 Å². The molecular formula is C17H32ClN5O2. The zero-order chi connectivity index (χ0) is 16.8. The molecule has 1 atom stereocenters. The van der Waals surface area contributed by atoms with Gasteiger partial charge < -0.3 is 10.6 Å². The van der Waals surface area contributed by atoms with Crippen molar-refractivity contribution in [3.63, 3.8) is 0 Å². The Morgan fingerprint density at radius 1 is 1.00 bits per heavy atom. The minimum atomic E-state index is -0.331. The van der Waals surface area contributed by atoms with E-state index in [0.717, 1.165) is 52.1 Å². The van der Waals surface area contributed by atoms with Gasteiger partial charge in [0.15, 0.2) is 0 Å². The summed E-state index contributed by atoms with van der Waals surface area (Å²) >= 11 is 0. The molecule has 0 bridgehead atoms. The number of hydrogen-bond acceptors (Lipinski definition) is 5. The highest BCUT2D eigenvalue weighted by atomic mass is 35.5. The highest BCUT2D eigenvalue weighted by Crippen LogP contribution is 2.17. The van der Waals surface area contributed by atoms with E-state index in [1.165, 1.54) is 25.7 Å². The first-order chi connectivity index (χ1) is 11.7. The molecule has 2 saturated heterocycles. The Labute approximate surface area is 156 Å². The number of halogens is 1. The second kappa shape index (κ2) is 10.3. The Bertz CT molecular complexity index is 431. The van der Waals surface area contributed by atoms with Gasteiger partial charge in [0.25, 0.3) is 0 Å². The first-order valence-corrected chi connectivity index (χ1v) is 9.48. The van der Waals surface area contributed by atoms with Gasteiger partial charge in [-0.1, -0.05) is 19.3 Å². The molecule has 1 unspecified atom stereocenters. The molecule has 0 radical (unpaired) electrons. The SMILES string of the molecule is Cl.O=C(CN1CCN(C2CCNC2)CC1)NC(=O)NC1CCCCC1. The molecule has 1 saturated carbocycles. The van der Waals surface area contributed by atoms with Crippen LogP contribution in [-0.2, 0) is 4.79 Å². The van der Waals surface area contributed by atoms with Gasteiger partial charge in [-0.3, -0.25) is 19.9 Å². The molecule has 3 rings (SSSR count). The van der Waals surface area contributed by atoms with Gasteiger partial charge in [-0.25, -0.2) is 4.79 Å². The molecule has 3 N–H and O–H groups in total. The molecule has 3 amide bonds. The van der Waals surface area contributed by atoms with Crippen LogP contribution in [0.3, 0.4) is 0 Å². The second-order valence-electron chi connectivity index (χ2n) is 7.32. The molecule has 3 aliphatic rings. The second-order valence-corrected chi connectivity index (χ2v) is 7.32. The van der Waals surface area contributed by atoms with Crippen LogP contribution >= 0.6 is 12.4 Å². The van der Waals surface area contributed by atoms with E-state index in [0.29, 0.717) is 12.6 Å². The van der Waals surface area contributed by atoms with Crippen molar-refractivity contribution in [3.8, 4) is 0 Å². The molecule has 0 aromatic carbocycles. The van der Waals surface area contributed by atoms with E-state index < -0.39 is 0 Å². The van der Waals surface area contributed by atoms with Crippen LogP contribution in [-0.4, -0.2) is 79.6 Å². The Balaban J connectivity index is 0.00000225. The van der Waals surface area contributed by atoms with Gasteiger partial charge in [0.1, 0.15) is 0 Å². The predicted molar refractivity (Wildman–Crippen MR) is 100 cm³/mol. The highest BCUT2D eigenvalue weighted by molar-refractivity contribution is 5.95. The molecule has 2 heterocycles. The van der Waals surface area contributed by atoms with Gasteiger partial charge in [-0.15, -0.1) is 12.4 Å². The Morgan fingerprint density at radius 3 is 2.36 bits per heavy atom. The van der Waals surface area contributed by atoms with E-state index in [9.17, 15) is 9.59 Å². The third-order valence-corrected chi connectivity index (χ3v) is 5.52. The van der Waals surface area contributed by atoms with Crippen LogP contribution in [0.15, 0.2) is 0 Å². The number of imide groups is 1. The first kappa shape index (κ1) is 20.4. The summed E-state index contributed by atoms with van der Waals surface area (Å²) in [6, 6.07) is 0.555. The number of amides is 3. The maximum absolute atomic E-state index is 12.1. The lowest BCUT2D eigenvalue weighted by Crippen LogP contribution is -2.54. The summed E-state index contributed by atoms with van der Waals surface area (Å²) in [5, 5.41) is 8.82.